The maximum Gasteiger partial charge on any atom is 0.143 e. The second-order valence-corrected chi connectivity index (χ2v) is 15.1. The normalized spacial score (nSPS) is 13.9. The van der Waals surface area contributed by atoms with Gasteiger partial charge in [-0.05, 0) is 83.9 Å². The topological polar surface area (TPSA) is 40.8 Å². The Balaban J connectivity index is 1.03. The summed E-state index contributed by atoms with van der Waals surface area (Å²) >= 11 is 1.84. The summed E-state index contributed by atoms with van der Waals surface area (Å²) in [4.78, 5) is 7.55. The van der Waals surface area contributed by atoms with Crippen molar-refractivity contribution in [2.45, 2.75) is 6.04 Å². The van der Waals surface area contributed by atoms with Gasteiger partial charge in [-0.1, -0.05) is 115 Å². The van der Waals surface area contributed by atoms with E-state index in [-0.39, 0.29) is 6.04 Å². The van der Waals surface area contributed by atoms with Crippen LogP contribution in [0.15, 0.2) is 197 Å². The summed E-state index contributed by atoms with van der Waals surface area (Å²) in [7, 11) is 0. The first kappa shape index (κ1) is 31.6. The van der Waals surface area contributed by atoms with Crippen LogP contribution in [0.5, 0.6) is 0 Å². The molecule has 1 aliphatic rings. The van der Waals surface area contributed by atoms with Gasteiger partial charge in [0.15, 0.2) is 0 Å². The summed E-state index contributed by atoms with van der Waals surface area (Å²) in [6.07, 6.45) is 0. The second-order valence-electron chi connectivity index (χ2n) is 14.0. The van der Waals surface area contributed by atoms with Crippen LogP contribution in [0.25, 0.3) is 53.2 Å². The lowest BCUT2D eigenvalue weighted by atomic mass is 9.93. The quantitative estimate of drug-likeness (QED) is 0.186. The number of fused-ring (bicyclic) bond motifs is 7. The Morgan fingerprint density at radius 3 is 2.04 bits per heavy atom. The lowest BCUT2D eigenvalue weighted by molar-refractivity contribution is 0.670. The third-order valence-electron chi connectivity index (χ3n) is 10.7. The molecule has 0 saturated heterocycles. The van der Waals surface area contributed by atoms with E-state index in [1.54, 1.807) is 0 Å². The van der Waals surface area contributed by atoms with Crippen LogP contribution in [0.1, 0.15) is 22.7 Å². The van der Waals surface area contributed by atoms with E-state index in [4.69, 9.17) is 9.41 Å². The minimum Gasteiger partial charge on any atom is -0.455 e. The minimum absolute atomic E-state index is 0.0305. The molecule has 0 amide bonds. The maximum atomic E-state index is 6.74. The highest BCUT2D eigenvalue weighted by Crippen LogP contribution is 2.43. The molecule has 0 fully saturated rings. The Kier molecular flexibility index (Phi) is 7.39. The summed E-state index contributed by atoms with van der Waals surface area (Å²) < 4.78 is 9.34. The van der Waals surface area contributed by atoms with Gasteiger partial charge in [0, 0.05) is 64.7 Å². The molecule has 55 heavy (non-hydrogen) atoms. The lowest BCUT2D eigenvalue weighted by Gasteiger charge is -2.28. The van der Waals surface area contributed by atoms with Crippen LogP contribution in [0, 0.1) is 0 Å². The number of nitrogens with zero attached hydrogens (tertiary/aromatic N) is 2. The fourth-order valence-corrected chi connectivity index (χ4v) is 9.25. The summed E-state index contributed by atoms with van der Waals surface area (Å²) in [6.45, 7) is 0. The van der Waals surface area contributed by atoms with Gasteiger partial charge < -0.3 is 14.6 Å². The molecule has 0 saturated carbocycles. The van der Waals surface area contributed by atoms with Crippen molar-refractivity contribution in [3.63, 3.8) is 0 Å². The zero-order valence-electron chi connectivity index (χ0n) is 29.7. The first-order valence-electron chi connectivity index (χ1n) is 18.6. The van der Waals surface area contributed by atoms with Gasteiger partial charge in [-0.25, -0.2) is 4.99 Å². The number of hydrogen-bond donors (Lipinski definition) is 1. The van der Waals surface area contributed by atoms with Crippen molar-refractivity contribution in [3.05, 3.63) is 205 Å². The Morgan fingerprint density at radius 2 is 1.18 bits per heavy atom. The van der Waals surface area contributed by atoms with Gasteiger partial charge in [-0.3, -0.25) is 0 Å². The number of rotatable bonds is 6. The Bertz CT molecular complexity index is 3070. The highest BCUT2D eigenvalue weighted by atomic mass is 32.1. The van der Waals surface area contributed by atoms with E-state index in [1.807, 2.05) is 17.4 Å². The van der Waals surface area contributed by atoms with Crippen LogP contribution >= 0.6 is 11.3 Å². The lowest BCUT2D eigenvalue weighted by Crippen LogP contribution is -2.32. The number of hydrogen-bond acceptors (Lipinski definition) is 5. The van der Waals surface area contributed by atoms with Gasteiger partial charge >= 0.3 is 0 Å². The number of anilines is 3. The predicted molar refractivity (Wildman–Crippen MR) is 231 cm³/mol. The first-order valence-corrected chi connectivity index (χ1v) is 19.4. The van der Waals surface area contributed by atoms with Gasteiger partial charge in [0.05, 0.1) is 11.7 Å². The fraction of sp³-hybridized carbons (Fsp3) is 0.0200. The molecule has 0 spiro atoms. The van der Waals surface area contributed by atoms with Crippen LogP contribution in [-0.2, 0) is 0 Å². The molecular weight excluding hydrogens is 691 g/mol. The molecule has 10 aromatic rings. The molecule has 8 aromatic carbocycles. The Hall–Kier alpha value is -6.95. The van der Waals surface area contributed by atoms with Crippen LogP contribution in [0.2, 0.25) is 0 Å². The number of furan rings is 1. The summed E-state index contributed by atoms with van der Waals surface area (Å²) in [6, 6.07) is 66.6. The van der Waals surface area contributed by atoms with E-state index in [2.05, 4.69) is 192 Å². The molecule has 1 N–H and O–H groups in total. The Labute approximate surface area is 322 Å². The van der Waals surface area contributed by atoms with Crippen molar-refractivity contribution in [1.82, 2.24) is 5.32 Å². The smallest absolute Gasteiger partial charge is 0.143 e. The number of aliphatic imine (C=N–C) groups is 1. The van der Waals surface area contributed by atoms with Crippen molar-refractivity contribution in [3.8, 4) is 11.1 Å². The molecule has 1 aliphatic heterocycles. The summed E-state index contributed by atoms with van der Waals surface area (Å²) in [5.74, 6) is 0.833. The van der Waals surface area contributed by atoms with Crippen molar-refractivity contribution in [1.29, 1.82) is 0 Å². The largest absolute Gasteiger partial charge is 0.455 e. The van der Waals surface area contributed by atoms with Crippen LogP contribution in [0.4, 0.5) is 22.7 Å². The van der Waals surface area contributed by atoms with Crippen LogP contribution in [-0.4, -0.2) is 5.84 Å². The summed E-state index contributed by atoms with van der Waals surface area (Å²) in [5, 5.41) is 8.51. The van der Waals surface area contributed by atoms with Crippen molar-refractivity contribution < 1.29 is 4.42 Å². The van der Waals surface area contributed by atoms with Gasteiger partial charge in [-0.15, -0.1) is 11.3 Å². The Morgan fingerprint density at radius 1 is 0.527 bits per heavy atom. The second kappa shape index (κ2) is 12.9. The average Bonchev–Trinajstić information content (AvgIpc) is 3.83. The molecule has 1 atom stereocenters. The molecule has 3 heterocycles. The van der Waals surface area contributed by atoms with E-state index in [9.17, 15) is 0 Å². The van der Waals surface area contributed by atoms with E-state index < -0.39 is 0 Å². The SMILES string of the molecule is c1ccc(C2NC(c3ccc(-c4ccc(N(c5ccccc5)c5ccc6sc7ccccc7c6c5)cc4)c4oc5ccccc5c34)=Nc3ccccc32)cc1. The molecule has 2 aromatic heterocycles. The fourth-order valence-electron chi connectivity index (χ4n) is 8.17. The molecule has 11 rings (SSSR count). The average molecular weight is 724 g/mol. The molecule has 0 radical (unpaired) electrons. The van der Waals surface area contributed by atoms with Crippen molar-refractivity contribution in [2.24, 2.45) is 4.99 Å². The van der Waals surface area contributed by atoms with E-state index in [1.165, 1.54) is 25.7 Å². The maximum absolute atomic E-state index is 6.74. The zero-order valence-corrected chi connectivity index (χ0v) is 30.5. The molecule has 5 heteroatoms. The third-order valence-corrected chi connectivity index (χ3v) is 11.9. The number of thiophene rings is 1. The van der Waals surface area contributed by atoms with E-state index >= 15 is 0 Å². The predicted octanol–water partition coefficient (Wildman–Crippen LogP) is 13.9. The summed E-state index contributed by atoms with van der Waals surface area (Å²) in [5.41, 5.74) is 11.5. The number of para-hydroxylation sites is 3. The minimum atomic E-state index is -0.0305. The van der Waals surface area contributed by atoms with E-state index in [0.717, 1.165) is 72.8 Å². The van der Waals surface area contributed by atoms with Crippen LogP contribution < -0.4 is 10.2 Å². The van der Waals surface area contributed by atoms with Gasteiger partial charge in [0.2, 0.25) is 0 Å². The standard InChI is InChI=1S/C50H33N3OS/c1-3-13-33(14-4-1)48-39-18-7-10-20-43(39)51-50(52-48)41-29-28-37(49-47(41)40-19-8-11-21-44(40)54-49)32-23-25-35(26-24-32)53(34-15-5-2-6-16-34)36-27-30-46-42(31-36)38-17-9-12-22-45(38)55-46/h1-31,48H,(H,51,52). The molecule has 260 valence electrons. The van der Waals surface area contributed by atoms with Gasteiger partial charge in [0.25, 0.3) is 0 Å². The van der Waals surface area contributed by atoms with Crippen molar-refractivity contribution in [2.75, 3.05) is 4.90 Å². The third kappa shape index (κ3) is 5.31. The molecule has 0 bridgehead atoms. The number of benzene rings is 8. The monoisotopic (exact) mass is 723 g/mol. The molecule has 0 aliphatic carbocycles. The van der Waals surface area contributed by atoms with Gasteiger partial charge in [-0.2, -0.15) is 0 Å². The van der Waals surface area contributed by atoms with Gasteiger partial charge in [0.1, 0.15) is 17.0 Å². The van der Waals surface area contributed by atoms with Crippen LogP contribution in [0.3, 0.4) is 0 Å². The number of nitrogens with one attached hydrogen (secondary N) is 1. The molecule has 1 unspecified atom stereocenters. The highest BCUT2D eigenvalue weighted by molar-refractivity contribution is 7.25. The highest BCUT2D eigenvalue weighted by Gasteiger charge is 2.27. The number of amidine groups is 1. The van der Waals surface area contributed by atoms with E-state index in [0.29, 0.717) is 0 Å². The zero-order chi connectivity index (χ0) is 36.3. The first-order chi connectivity index (χ1) is 27.3. The van der Waals surface area contributed by atoms with Crippen molar-refractivity contribution >= 4 is 82.0 Å². The molecular formula is C50H33N3OS. The molecule has 4 nitrogen and oxygen atoms in total.